The third-order valence-electron chi connectivity index (χ3n) is 3.40. The molecular weight excluding hydrogens is 350 g/mol. The topological polar surface area (TPSA) is 117 Å². The van der Waals surface area contributed by atoms with Crippen LogP contribution >= 0.6 is 0 Å². The van der Waals surface area contributed by atoms with Gasteiger partial charge < -0.3 is 19.6 Å². The number of fused-ring (bicyclic) bond motifs is 1. The fraction of sp³-hybridized carbons (Fsp3) is 0.158. The van der Waals surface area contributed by atoms with Crippen LogP contribution in [0.5, 0.6) is 0 Å². The lowest BCUT2D eigenvalue weighted by Gasteiger charge is -2.21. The van der Waals surface area contributed by atoms with Gasteiger partial charge in [0.1, 0.15) is 0 Å². The summed E-state index contributed by atoms with van der Waals surface area (Å²) in [6.07, 6.45) is 5.73. The fourth-order valence-corrected chi connectivity index (χ4v) is 2.31. The summed E-state index contributed by atoms with van der Waals surface area (Å²) in [6, 6.07) is 11.9. The van der Waals surface area contributed by atoms with E-state index in [1.165, 1.54) is 0 Å². The van der Waals surface area contributed by atoms with Crippen LogP contribution in [0.3, 0.4) is 0 Å². The summed E-state index contributed by atoms with van der Waals surface area (Å²) in [7, 11) is 0. The number of aliphatic carboxylic acids is 2. The van der Waals surface area contributed by atoms with Gasteiger partial charge in [-0.3, -0.25) is 4.98 Å². The molecular formula is C19H19N3O5. The predicted octanol–water partition coefficient (Wildman–Crippen LogP) is 3.48. The zero-order valence-corrected chi connectivity index (χ0v) is 14.6. The van der Waals surface area contributed by atoms with E-state index >= 15 is 0 Å². The van der Waals surface area contributed by atoms with Crippen LogP contribution in [0, 0.1) is 0 Å². The second-order valence-corrected chi connectivity index (χ2v) is 5.37. The zero-order valence-electron chi connectivity index (χ0n) is 14.6. The Hall–Kier alpha value is -3.68. The average molecular weight is 369 g/mol. The predicted molar refractivity (Wildman–Crippen MR) is 100.0 cm³/mol. The molecule has 8 nitrogen and oxygen atoms in total. The Morgan fingerprint density at radius 3 is 2.30 bits per heavy atom. The molecule has 0 fully saturated rings. The number of hydrogen-bond donors (Lipinski definition) is 2. The molecule has 3 rings (SSSR count). The van der Waals surface area contributed by atoms with Crippen molar-refractivity contribution in [3.8, 4) is 0 Å². The van der Waals surface area contributed by atoms with Gasteiger partial charge in [-0.25, -0.2) is 9.59 Å². The number of carboxylic acids is 2. The second-order valence-electron chi connectivity index (χ2n) is 5.37. The van der Waals surface area contributed by atoms with Gasteiger partial charge in [0.2, 0.25) is 0 Å². The zero-order chi connectivity index (χ0) is 19.6. The van der Waals surface area contributed by atoms with Crippen LogP contribution in [0.2, 0.25) is 0 Å². The lowest BCUT2D eigenvalue weighted by molar-refractivity contribution is -0.134. The van der Waals surface area contributed by atoms with Crippen LogP contribution in [0.1, 0.15) is 13.3 Å². The molecule has 0 aliphatic rings. The van der Waals surface area contributed by atoms with Crippen molar-refractivity contribution >= 4 is 34.4 Å². The summed E-state index contributed by atoms with van der Waals surface area (Å²) in [5.41, 5.74) is 1.89. The third kappa shape index (κ3) is 5.67. The molecule has 2 aromatic heterocycles. The lowest BCUT2D eigenvalue weighted by atomic mass is 10.2. The van der Waals surface area contributed by atoms with Crippen LogP contribution in [-0.2, 0) is 9.59 Å². The Morgan fingerprint density at radius 2 is 1.70 bits per heavy atom. The molecule has 0 aliphatic heterocycles. The number of anilines is 2. The van der Waals surface area contributed by atoms with Gasteiger partial charge in [0.25, 0.3) is 0 Å². The Labute approximate surface area is 155 Å². The summed E-state index contributed by atoms with van der Waals surface area (Å²) >= 11 is 0. The molecule has 2 N–H and O–H groups in total. The van der Waals surface area contributed by atoms with Crippen molar-refractivity contribution in [2.24, 2.45) is 0 Å². The molecule has 0 unspecified atom stereocenters. The first-order chi connectivity index (χ1) is 13.0. The molecule has 8 heteroatoms. The normalized spacial score (nSPS) is 10.4. The van der Waals surface area contributed by atoms with E-state index < -0.39 is 11.9 Å². The van der Waals surface area contributed by atoms with Gasteiger partial charge in [0, 0.05) is 36.8 Å². The monoisotopic (exact) mass is 369 g/mol. The molecule has 0 aliphatic carbocycles. The Kier molecular flexibility index (Phi) is 7.07. The van der Waals surface area contributed by atoms with E-state index in [1.54, 1.807) is 12.4 Å². The summed E-state index contributed by atoms with van der Waals surface area (Å²) in [4.78, 5) is 25.3. The molecule has 3 aromatic rings. The number of hydrogen-bond acceptors (Lipinski definition) is 6. The number of pyridine rings is 1. The molecule has 0 saturated carbocycles. The first-order valence-electron chi connectivity index (χ1n) is 8.18. The quantitative estimate of drug-likeness (QED) is 0.634. The number of aromatic nitrogens is 2. The largest absolute Gasteiger partial charge is 0.478 e. The maximum Gasteiger partial charge on any atom is 0.328 e. The van der Waals surface area contributed by atoms with E-state index in [2.05, 4.69) is 22.0 Å². The van der Waals surface area contributed by atoms with Gasteiger partial charge in [-0.1, -0.05) is 24.2 Å². The number of benzene rings is 1. The Balaban J connectivity index is 0.000000279. The van der Waals surface area contributed by atoms with Crippen molar-refractivity contribution in [3.05, 3.63) is 60.9 Å². The maximum absolute atomic E-state index is 9.55. The second kappa shape index (κ2) is 9.71. The third-order valence-corrected chi connectivity index (χ3v) is 3.40. The van der Waals surface area contributed by atoms with Crippen molar-refractivity contribution in [1.29, 1.82) is 0 Å². The minimum atomic E-state index is -1.26. The van der Waals surface area contributed by atoms with Gasteiger partial charge in [-0.2, -0.15) is 0 Å². The van der Waals surface area contributed by atoms with Gasteiger partial charge in [-0.15, -0.1) is 0 Å². The van der Waals surface area contributed by atoms with Gasteiger partial charge >= 0.3 is 11.9 Å². The van der Waals surface area contributed by atoms with Crippen LogP contribution < -0.4 is 4.90 Å². The minimum absolute atomic E-state index is 0.558. The average Bonchev–Trinajstić information content (AvgIpc) is 3.09. The van der Waals surface area contributed by atoms with Crippen molar-refractivity contribution in [2.75, 3.05) is 11.4 Å². The molecule has 27 heavy (non-hydrogen) atoms. The van der Waals surface area contributed by atoms with Crippen LogP contribution in [0.4, 0.5) is 11.5 Å². The summed E-state index contributed by atoms with van der Waals surface area (Å²) in [5.74, 6) is -1.65. The summed E-state index contributed by atoms with van der Waals surface area (Å²) < 4.78 is 5.39. The summed E-state index contributed by atoms with van der Waals surface area (Å²) in [6.45, 7) is 3.04. The number of carboxylic acid groups (broad SMARTS) is 2. The van der Waals surface area contributed by atoms with Gasteiger partial charge in [0.15, 0.2) is 11.4 Å². The minimum Gasteiger partial charge on any atom is -0.478 e. The van der Waals surface area contributed by atoms with Crippen molar-refractivity contribution in [3.63, 3.8) is 0 Å². The van der Waals surface area contributed by atoms with E-state index in [9.17, 15) is 9.59 Å². The molecule has 1 aromatic carbocycles. The molecule has 0 spiro atoms. The highest BCUT2D eigenvalue weighted by Gasteiger charge is 2.16. The molecule has 0 radical (unpaired) electrons. The van der Waals surface area contributed by atoms with E-state index in [-0.39, 0.29) is 0 Å². The fourth-order valence-electron chi connectivity index (χ4n) is 2.31. The molecule has 0 saturated heterocycles. The van der Waals surface area contributed by atoms with Crippen LogP contribution in [-0.4, -0.2) is 38.8 Å². The number of para-hydroxylation sites is 1. The molecule has 0 atom stereocenters. The SMILES string of the molecule is CCCN(c1ccncc1)c1noc2ccccc12.O=C(O)C=CC(=O)O. The standard InChI is InChI=1S/C15H15N3O.C4H4O4/c1-2-11-18(12-7-9-16-10-8-12)15-13-5-3-4-6-14(13)19-17-15;5-3(6)1-2-4(7)8/h3-10H,2,11H2,1H3;1-2H,(H,5,6)(H,7,8). The van der Waals surface area contributed by atoms with E-state index in [4.69, 9.17) is 14.7 Å². The molecule has 2 heterocycles. The molecule has 0 bridgehead atoms. The number of nitrogens with zero attached hydrogens (tertiary/aromatic N) is 3. The van der Waals surface area contributed by atoms with E-state index in [1.807, 2.05) is 36.4 Å². The van der Waals surface area contributed by atoms with Crippen LogP contribution in [0.15, 0.2) is 65.5 Å². The van der Waals surface area contributed by atoms with Crippen LogP contribution in [0.25, 0.3) is 11.0 Å². The Bertz CT molecular complexity index is 905. The van der Waals surface area contributed by atoms with Crippen molar-refractivity contribution < 1.29 is 24.3 Å². The number of carbonyl (C=O) groups is 2. The summed E-state index contributed by atoms with van der Waals surface area (Å²) in [5, 5.41) is 20.9. The first-order valence-corrected chi connectivity index (χ1v) is 8.18. The molecule has 140 valence electrons. The van der Waals surface area contributed by atoms with Gasteiger partial charge in [-0.05, 0) is 30.7 Å². The lowest BCUT2D eigenvalue weighted by Crippen LogP contribution is -2.18. The maximum atomic E-state index is 9.55. The smallest absolute Gasteiger partial charge is 0.328 e. The molecule has 0 amide bonds. The van der Waals surface area contributed by atoms with E-state index in [0.29, 0.717) is 12.2 Å². The Morgan fingerprint density at radius 1 is 1.07 bits per heavy atom. The van der Waals surface area contributed by atoms with Crippen molar-refractivity contribution in [1.82, 2.24) is 10.1 Å². The first kappa shape index (κ1) is 19.6. The van der Waals surface area contributed by atoms with Gasteiger partial charge in [0.05, 0.1) is 5.39 Å². The van der Waals surface area contributed by atoms with E-state index in [0.717, 1.165) is 35.4 Å². The van der Waals surface area contributed by atoms with Crippen molar-refractivity contribution in [2.45, 2.75) is 13.3 Å². The number of rotatable bonds is 6. The highest BCUT2D eigenvalue weighted by Crippen LogP contribution is 2.31. The highest BCUT2D eigenvalue weighted by molar-refractivity contribution is 5.90. The highest BCUT2D eigenvalue weighted by atomic mass is 16.5.